The summed E-state index contributed by atoms with van der Waals surface area (Å²) in [7, 11) is 0. The average molecular weight is 278 g/mol. The number of pyridine rings is 1. The second-order valence-corrected chi connectivity index (χ2v) is 5.61. The van der Waals surface area contributed by atoms with Crippen LogP contribution in [0.3, 0.4) is 0 Å². The van der Waals surface area contributed by atoms with Crippen LogP contribution in [0.2, 0.25) is 0 Å². The molecule has 7 nitrogen and oxygen atoms in total. The van der Waals surface area contributed by atoms with Gasteiger partial charge in [-0.1, -0.05) is 0 Å². The van der Waals surface area contributed by atoms with Gasteiger partial charge in [0.05, 0.1) is 18.8 Å². The molecule has 0 radical (unpaired) electrons. The third-order valence-corrected chi connectivity index (χ3v) is 2.55. The Morgan fingerprint density at radius 3 is 2.40 bits per heavy atom. The van der Waals surface area contributed by atoms with Crippen LogP contribution in [-0.2, 0) is 9.59 Å². The molecule has 0 aliphatic carbocycles. The van der Waals surface area contributed by atoms with Crippen molar-refractivity contribution in [2.75, 3.05) is 23.7 Å². The lowest BCUT2D eigenvalue weighted by atomic mass is 10.2. The Bertz CT molecular complexity index is 535. The monoisotopic (exact) mass is 278 g/mol. The number of amides is 2. The minimum atomic E-state index is -0.436. The maximum Gasteiger partial charge on any atom is 0.246 e. The standard InChI is InChI=1S/C13H18N4O3/c1-13(2,3)20-12-8(14)4-5-9(15-12)17-6-10(18)16-11(19)7-17/h4-5H,6-7,14H2,1-3H3,(H,16,18,19). The zero-order chi connectivity index (χ0) is 14.9. The van der Waals surface area contributed by atoms with Gasteiger partial charge in [-0.2, -0.15) is 4.98 Å². The van der Waals surface area contributed by atoms with E-state index < -0.39 is 5.60 Å². The van der Waals surface area contributed by atoms with Gasteiger partial charge in [-0.25, -0.2) is 0 Å². The van der Waals surface area contributed by atoms with E-state index in [1.54, 1.807) is 17.0 Å². The molecule has 1 saturated heterocycles. The molecule has 1 fully saturated rings. The minimum absolute atomic E-state index is 0.0810. The highest BCUT2D eigenvalue weighted by Crippen LogP contribution is 2.26. The summed E-state index contributed by atoms with van der Waals surface area (Å²) in [4.78, 5) is 28.6. The van der Waals surface area contributed by atoms with Crippen molar-refractivity contribution in [3.63, 3.8) is 0 Å². The fourth-order valence-electron chi connectivity index (χ4n) is 1.79. The first-order valence-corrected chi connectivity index (χ1v) is 6.28. The summed E-state index contributed by atoms with van der Waals surface area (Å²) < 4.78 is 5.67. The van der Waals surface area contributed by atoms with Crippen molar-refractivity contribution in [3.05, 3.63) is 12.1 Å². The van der Waals surface area contributed by atoms with Crippen LogP contribution in [0.15, 0.2) is 12.1 Å². The quantitative estimate of drug-likeness (QED) is 0.755. The Morgan fingerprint density at radius 1 is 1.25 bits per heavy atom. The minimum Gasteiger partial charge on any atom is -0.470 e. The number of nitrogen functional groups attached to an aromatic ring is 1. The number of nitrogens with one attached hydrogen (secondary N) is 1. The highest BCUT2D eigenvalue weighted by Gasteiger charge is 2.24. The smallest absolute Gasteiger partial charge is 0.246 e. The summed E-state index contributed by atoms with van der Waals surface area (Å²) in [6, 6.07) is 3.32. The van der Waals surface area contributed by atoms with Crippen LogP contribution in [0.25, 0.3) is 0 Å². The number of hydrogen-bond donors (Lipinski definition) is 2. The van der Waals surface area contributed by atoms with E-state index in [-0.39, 0.29) is 24.9 Å². The number of anilines is 2. The van der Waals surface area contributed by atoms with Gasteiger partial charge in [0.2, 0.25) is 17.7 Å². The highest BCUT2D eigenvalue weighted by atomic mass is 16.5. The van der Waals surface area contributed by atoms with E-state index in [1.807, 2.05) is 20.8 Å². The maximum absolute atomic E-state index is 11.4. The van der Waals surface area contributed by atoms with Crippen LogP contribution in [0.1, 0.15) is 20.8 Å². The number of carbonyl (C=O) groups excluding carboxylic acids is 2. The zero-order valence-electron chi connectivity index (χ0n) is 11.8. The van der Waals surface area contributed by atoms with Crippen LogP contribution in [0, 0.1) is 0 Å². The SMILES string of the molecule is CC(C)(C)Oc1nc(N2CC(=O)NC(=O)C2)ccc1N. The Labute approximate surface area is 117 Å². The van der Waals surface area contributed by atoms with Gasteiger partial charge in [-0.3, -0.25) is 14.9 Å². The van der Waals surface area contributed by atoms with E-state index in [2.05, 4.69) is 10.3 Å². The molecule has 7 heteroatoms. The lowest BCUT2D eigenvalue weighted by molar-refractivity contribution is -0.130. The Hall–Kier alpha value is -2.31. The summed E-state index contributed by atoms with van der Waals surface area (Å²) in [6.45, 7) is 5.82. The normalized spacial score (nSPS) is 16.1. The third-order valence-electron chi connectivity index (χ3n) is 2.55. The summed E-state index contributed by atoms with van der Waals surface area (Å²) >= 11 is 0. The van der Waals surface area contributed by atoms with Crippen molar-refractivity contribution in [2.45, 2.75) is 26.4 Å². The lowest BCUT2D eigenvalue weighted by Crippen LogP contribution is -2.51. The number of piperazine rings is 1. The van der Waals surface area contributed by atoms with Gasteiger partial charge in [-0.15, -0.1) is 0 Å². The fourth-order valence-corrected chi connectivity index (χ4v) is 1.79. The van der Waals surface area contributed by atoms with E-state index in [9.17, 15) is 9.59 Å². The van der Waals surface area contributed by atoms with E-state index >= 15 is 0 Å². The number of nitrogens with two attached hydrogens (primary N) is 1. The van der Waals surface area contributed by atoms with Crippen molar-refractivity contribution >= 4 is 23.3 Å². The van der Waals surface area contributed by atoms with E-state index in [0.717, 1.165) is 0 Å². The van der Waals surface area contributed by atoms with Gasteiger partial charge in [0.15, 0.2) is 0 Å². The molecule has 0 aromatic carbocycles. The average Bonchev–Trinajstić information content (AvgIpc) is 2.29. The van der Waals surface area contributed by atoms with Crippen LogP contribution < -0.4 is 20.7 Å². The van der Waals surface area contributed by atoms with Crippen molar-refractivity contribution in [2.24, 2.45) is 0 Å². The second kappa shape index (κ2) is 4.99. The zero-order valence-corrected chi connectivity index (χ0v) is 11.8. The Balaban J connectivity index is 2.26. The number of ether oxygens (including phenoxy) is 1. The van der Waals surface area contributed by atoms with Gasteiger partial charge in [0.1, 0.15) is 11.4 Å². The van der Waals surface area contributed by atoms with Crippen molar-refractivity contribution in [1.29, 1.82) is 0 Å². The molecule has 2 heterocycles. The van der Waals surface area contributed by atoms with Gasteiger partial charge in [-0.05, 0) is 32.9 Å². The van der Waals surface area contributed by atoms with E-state index in [1.165, 1.54) is 0 Å². The van der Waals surface area contributed by atoms with Crippen molar-refractivity contribution < 1.29 is 14.3 Å². The predicted molar refractivity (Wildman–Crippen MR) is 74.4 cm³/mol. The first-order chi connectivity index (χ1) is 9.24. The second-order valence-electron chi connectivity index (χ2n) is 5.61. The number of aromatic nitrogens is 1. The summed E-state index contributed by atoms with van der Waals surface area (Å²) in [6.07, 6.45) is 0. The fraction of sp³-hybridized carbons (Fsp3) is 0.462. The molecule has 0 saturated carbocycles. The van der Waals surface area contributed by atoms with E-state index in [0.29, 0.717) is 17.4 Å². The molecular formula is C13H18N4O3. The topological polar surface area (TPSA) is 97.5 Å². The summed E-state index contributed by atoms with van der Waals surface area (Å²) in [5.41, 5.74) is 5.81. The first kappa shape index (κ1) is 14.1. The van der Waals surface area contributed by atoms with Gasteiger partial charge in [0, 0.05) is 0 Å². The number of carbonyl (C=O) groups is 2. The maximum atomic E-state index is 11.4. The summed E-state index contributed by atoms with van der Waals surface area (Å²) in [5, 5.41) is 2.24. The number of rotatable bonds is 2. The number of imide groups is 1. The first-order valence-electron chi connectivity index (χ1n) is 6.28. The van der Waals surface area contributed by atoms with Crippen LogP contribution in [0.5, 0.6) is 5.88 Å². The molecule has 3 N–H and O–H groups in total. The molecule has 0 unspecified atom stereocenters. The molecule has 20 heavy (non-hydrogen) atoms. The molecule has 0 atom stereocenters. The molecule has 2 amide bonds. The predicted octanol–water partition coefficient (Wildman–Crippen LogP) is 0.304. The van der Waals surface area contributed by atoms with Gasteiger partial charge >= 0.3 is 0 Å². The largest absolute Gasteiger partial charge is 0.470 e. The molecule has 108 valence electrons. The molecule has 0 spiro atoms. The van der Waals surface area contributed by atoms with Crippen molar-refractivity contribution in [3.8, 4) is 5.88 Å². The molecule has 0 bridgehead atoms. The number of nitrogens with zero attached hydrogens (tertiary/aromatic N) is 2. The molecule has 2 rings (SSSR count). The van der Waals surface area contributed by atoms with E-state index in [4.69, 9.17) is 10.5 Å². The van der Waals surface area contributed by atoms with Crippen LogP contribution >= 0.6 is 0 Å². The van der Waals surface area contributed by atoms with Gasteiger partial charge < -0.3 is 15.4 Å². The Morgan fingerprint density at radius 2 is 1.85 bits per heavy atom. The van der Waals surface area contributed by atoms with Gasteiger partial charge in [0.25, 0.3) is 0 Å². The number of hydrogen-bond acceptors (Lipinski definition) is 6. The molecule has 1 aromatic rings. The molecular weight excluding hydrogens is 260 g/mol. The third kappa shape index (κ3) is 3.37. The van der Waals surface area contributed by atoms with Crippen LogP contribution in [-0.4, -0.2) is 35.5 Å². The highest BCUT2D eigenvalue weighted by molar-refractivity contribution is 6.02. The Kier molecular flexibility index (Phi) is 3.52. The van der Waals surface area contributed by atoms with Crippen molar-refractivity contribution in [1.82, 2.24) is 10.3 Å². The summed E-state index contributed by atoms with van der Waals surface area (Å²) in [5.74, 6) is 0.0893. The molecule has 1 aliphatic rings. The lowest BCUT2D eigenvalue weighted by Gasteiger charge is -2.28. The molecule has 1 aromatic heterocycles. The van der Waals surface area contributed by atoms with Crippen LogP contribution in [0.4, 0.5) is 11.5 Å². The molecule has 1 aliphatic heterocycles.